The van der Waals surface area contributed by atoms with Crippen LogP contribution in [0.5, 0.6) is 0 Å². The molecule has 0 bridgehead atoms. The lowest BCUT2D eigenvalue weighted by Crippen LogP contribution is -2.46. The smallest absolute Gasteiger partial charge is 0.0218 e. The first-order valence-electron chi connectivity index (χ1n) is 5.58. The topological polar surface area (TPSA) is 15.3 Å². The molecule has 2 heteroatoms. The fourth-order valence-corrected chi connectivity index (χ4v) is 1.57. The van der Waals surface area contributed by atoms with Gasteiger partial charge < -0.3 is 5.32 Å². The number of hydrogen-bond acceptors (Lipinski definition) is 2. The van der Waals surface area contributed by atoms with Gasteiger partial charge in [-0.05, 0) is 40.4 Å². The van der Waals surface area contributed by atoms with E-state index >= 15 is 0 Å². The molecule has 80 valence electrons. The molecule has 0 aliphatic rings. The van der Waals surface area contributed by atoms with Gasteiger partial charge in [-0.2, -0.15) is 0 Å². The van der Waals surface area contributed by atoms with E-state index in [2.05, 4.69) is 37.9 Å². The quantitative estimate of drug-likeness (QED) is 0.655. The number of hydrogen-bond donors (Lipinski definition) is 1. The minimum absolute atomic E-state index is 0.580. The summed E-state index contributed by atoms with van der Waals surface area (Å²) in [7, 11) is 2.04. The van der Waals surface area contributed by atoms with Crippen molar-refractivity contribution in [2.24, 2.45) is 0 Å². The zero-order valence-electron chi connectivity index (χ0n) is 9.93. The highest BCUT2D eigenvalue weighted by Gasteiger charge is 2.16. The standard InChI is InChI=1S/C11H26N2/c1-6-8-9-13(7-2)11(4)10(3)12-5/h10-12H,6-9H2,1-5H3. The first kappa shape index (κ1) is 12.9. The molecule has 0 aliphatic heterocycles. The molecule has 0 aliphatic carbocycles. The number of unbranched alkanes of at least 4 members (excludes halogenated alkanes) is 1. The average molecular weight is 186 g/mol. The van der Waals surface area contributed by atoms with Crippen molar-refractivity contribution in [3.63, 3.8) is 0 Å². The van der Waals surface area contributed by atoms with E-state index in [1.165, 1.54) is 19.4 Å². The predicted molar refractivity (Wildman–Crippen MR) is 60.1 cm³/mol. The Morgan fingerprint density at radius 1 is 1.23 bits per heavy atom. The molecule has 2 atom stereocenters. The van der Waals surface area contributed by atoms with Gasteiger partial charge in [0.05, 0.1) is 0 Å². The molecule has 2 nitrogen and oxygen atoms in total. The molecule has 0 saturated carbocycles. The third kappa shape index (κ3) is 4.63. The summed E-state index contributed by atoms with van der Waals surface area (Å²) in [5.41, 5.74) is 0. The largest absolute Gasteiger partial charge is 0.316 e. The summed E-state index contributed by atoms with van der Waals surface area (Å²) >= 11 is 0. The van der Waals surface area contributed by atoms with Crippen molar-refractivity contribution in [1.29, 1.82) is 0 Å². The molecule has 0 amide bonds. The number of likely N-dealkylation sites (N-methyl/N-ethyl adjacent to an activating group) is 2. The third-order valence-electron chi connectivity index (χ3n) is 2.96. The highest BCUT2D eigenvalue weighted by atomic mass is 15.2. The normalized spacial score (nSPS) is 16.2. The zero-order chi connectivity index (χ0) is 10.3. The fraction of sp³-hybridized carbons (Fsp3) is 1.00. The monoisotopic (exact) mass is 186 g/mol. The minimum atomic E-state index is 0.580. The maximum Gasteiger partial charge on any atom is 0.0218 e. The molecule has 1 N–H and O–H groups in total. The Hall–Kier alpha value is -0.0800. The molecule has 0 radical (unpaired) electrons. The van der Waals surface area contributed by atoms with Gasteiger partial charge in [-0.25, -0.2) is 0 Å². The zero-order valence-corrected chi connectivity index (χ0v) is 9.93. The van der Waals surface area contributed by atoms with E-state index < -0.39 is 0 Å². The predicted octanol–water partition coefficient (Wildman–Crippen LogP) is 2.10. The van der Waals surface area contributed by atoms with Crippen molar-refractivity contribution in [3.05, 3.63) is 0 Å². The van der Waals surface area contributed by atoms with Crippen molar-refractivity contribution in [3.8, 4) is 0 Å². The highest BCUT2D eigenvalue weighted by molar-refractivity contribution is 4.75. The van der Waals surface area contributed by atoms with E-state index in [-0.39, 0.29) is 0 Å². The molecule has 0 fully saturated rings. The molecule has 0 spiro atoms. The Morgan fingerprint density at radius 2 is 1.85 bits per heavy atom. The molecule has 0 aromatic carbocycles. The van der Waals surface area contributed by atoms with Crippen molar-refractivity contribution in [1.82, 2.24) is 10.2 Å². The van der Waals surface area contributed by atoms with Gasteiger partial charge in [0.15, 0.2) is 0 Å². The van der Waals surface area contributed by atoms with Crippen LogP contribution in [0.1, 0.15) is 40.5 Å². The van der Waals surface area contributed by atoms with Crippen LogP contribution >= 0.6 is 0 Å². The molecule has 13 heavy (non-hydrogen) atoms. The lowest BCUT2D eigenvalue weighted by Gasteiger charge is -2.32. The van der Waals surface area contributed by atoms with Crippen LogP contribution in [-0.2, 0) is 0 Å². The lowest BCUT2D eigenvalue weighted by molar-refractivity contribution is 0.184. The van der Waals surface area contributed by atoms with Gasteiger partial charge in [0.25, 0.3) is 0 Å². The summed E-state index contributed by atoms with van der Waals surface area (Å²) in [5.74, 6) is 0. The number of rotatable bonds is 7. The Kier molecular flexibility index (Phi) is 7.29. The van der Waals surface area contributed by atoms with E-state index in [4.69, 9.17) is 0 Å². The molecule has 2 unspecified atom stereocenters. The van der Waals surface area contributed by atoms with Crippen molar-refractivity contribution in [2.45, 2.75) is 52.6 Å². The van der Waals surface area contributed by atoms with E-state index in [0.29, 0.717) is 12.1 Å². The summed E-state index contributed by atoms with van der Waals surface area (Å²) < 4.78 is 0. The van der Waals surface area contributed by atoms with Crippen LogP contribution in [0.25, 0.3) is 0 Å². The van der Waals surface area contributed by atoms with Gasteiger partial charge in [0.1, 0.15) is 0 Å². The van der Waals surface area contributed by atoms with E-state index in [1.54, 1.807) is 0 Å². The maximum atomic E-state index is 3.31. The van der Waals surface area contributed by atoms with Crippen LogP contribution in [0.15, 0.2) is 0 Å². The van der Waals surface area contributed by atoms with Gasteiger partial charge in [-0.1, -0.05) is 20.3 Å². The first-order chi connectivity index (χ1) is 6.17. The van der Waals surface area contributed by atoms with Crippen LogP contribution < -0.4 is 5.32 Å². The average Bonchev–Trinajstić information content (AvgIpc) is 2.17. The molecule has 0 rings (SSSR count). The Bertz CT molecular complexity index is 115. The molecule has 0 saturated heterocycles. The van der Waals surface area contributed by atoms with Crippen molar-refractivity contribution >= 4 is 0 Å². The lowest BCUT2D eigenvalue weighted by atomic mass is 10.1. The van der Waals surface area contributed by atoms with Crippen LogP contribution in [0.2, 0.25) is 0 Å². The summed E-state index contributed by atoms with van der Waals surface area (Å²) in [5, 5.41) is 3.31. The SMILES string of the molecule is CCCCN(CC)C(C)C(C)NC. The Morgan fingerprint density at radius 3 is 2.23 bits per heavy atom. The van der Waals surface area contributed by atoms with Crippen LogP contribution in [0.3, 0.4) is 0 Å². The first-order valence-corrected chi connectivity index (χ1v) is 5.58. The Balaban J connectivity index is 3.90. The second-order valence-electron chi connectivity index (χ2n) is 3.80. The van der Waals surface area contributed by atoms with Gasteiger partial charge in [0, 0.05) is 12.1 Å². The summed E-state index contributed by atoms with van der Waals surface area (Å²) in [6, 6.07) is 1.22. The third-order valence-corrected chi connectivity index (χ3v) is 2.96. The van der Waals surface area contributed by atoms with E-state index in [0.717, 1.165) is 6.54 Å². The van der Waals surface area contributed by atoms with E-state index in [9.17, 15) is 0 Å². The Labute approximate surface area is 83.7 Å². The second kappa shape index (κ2) is 7.34. The molecule has 0 heterocycles. The van der Waals surface area contributed by atoms with Crippen LogP contribution in [-0.4, -0.2) is 37.1 Å². The summed E-state index contributed by atoms with van der Waals surface area (Å²) in [6.07, 6.45) is 2.60. The number of nitrogens with one attached hydrogen (secondary N) is 1. The van der Waals surface area contributed by atoms with Gasteiger partial charge in [-0.15, -0.1) is 0 Å². The second-order valence-corrected chi connectivity index (χ2v) is 3.80. The molecular formula is C11H26N2. The van der Waals surface area contributed by atoms with Gasteiger partial charge in [-0.3, -0.25) is 4.90 Å². The highest BCUT2D eigenvalue weighted by Crippen LogP contribution is 2.05. The fourth-order valence-electron chi connectivity index (χ4n) is 1.57. The molecular weight excluding hydrogens is 160 g/mol. The van der Waals surface area contributed by atoms with Gasteiger partial charge in [0.2, 0.25) is 0 Å². The summed E-state index contributed by atoms with van der Waals surface area (Å²) in [6.45, 7) is 11.4. The minimum Gasteiger partial charge on any atom is -0.316 e. The van der Waals surface area contributed by atoms with Crippen LogP contribution in [0, 0.1) is 0 Å². The number of nitrogens with zero attached hydrogens (tertiary/aromatic N) is 1. The van der Waals surface area contributed by atoms with E-state index in [1.807, 2.05) is 7.05 Å². The van der Waals surface area contributed by atoms with Crippen molar-refractivity contribution < 1.29 is 0 Å². The molecule has 0 aromatic heterocycles. The maximum absolute atomic E-state index is 3.31. The van der Waals surface area contributed by atoms with Crippen molar-refractivity contribution in [2.75, 3.05) is 20.1 Å². The van der Waals surface area contributed by atoms with Gasteiger partial charge >= 0.3 is 0 Å². The molecule has 0 aromatic rings. The van der Waals surface area contributed by atoms with Crippen LogP contribution in [0.4, 0.5) is 0 Å². The summed E-state index contributed by atoms with van der Waals surface area (Å²) in [4.78, 5) is 2.55.